The molecule has 0 radical (unpaired) electrons. The zero-order chi connectivity index (χ0) is 18.9. The van der Waals surface area contributed by atoms with Gasteiger partial charge >= 0.3 is 5.97 Å². The Kier molecular flexibility index (Phi) is 5.69. The van der Waals surface area contributed by atoms with Crippen molar-refractivity contribution in [2.24, 2.45) is 17.8 Å². The molecule has 3 aliphatic rings. The highest BCUT2D eigenvalue weighted by atomic mass is 32.2. The molecule has 2 atom stereocenters. The molecule has 0 aromatic heterocycles. The quantitative estimate of drug-likeness (QED) is 0.751. The van der Waals surface area contributed by atoms with E-state index in [-0.39, 0.29) is 24.2 Å². The Labute approximate surface area is 167 Å². The van der Waals surface area contributed by atoms with Crippen molar-refractivity contribution < 1.29 is 18.7 Å². The molecule has 4 rings (SSSR count). The Morgan fingerprint density at radius 1 is 1.15 bits per heavy atom. The first-order valence-electron chi connectivity index (χ1n) is 9.57. The fourth-order valence-corrected chi connectivity index (χ4v) is 8.74. The fraction of sp³-hybridized carbons (Fsp3) is 0.600. The first kappa shape index (κ1) is 19.1. The van der Waals surface area contributed by atoms with Gasteiger partial charge in [-0.3, -0.25) is 9.59 Å². The average molecular weight is 410 g/mol. The maximum atomic E-state index is 13.6. The predicted molar refractivity (Wildman–Crippen MR) is 107 cm³/mol. The highest BCUT2D eigenvalue weighted by Gasteiger charge is 2.55. The second-order valence-electron chi connectivity index (χ2n) is 7.55. The maximum absolute atomic E-state index is 13.6. The van der Waals surface area contributed by atoms with E-state index in [4.69, 9.17) is 4.74 Å². The highest BCUT2D eigenvalue weighted by molar-refractivity contribution is 8.21. The van der Waals surface area contributed by atoms with Gasteiger partial charge in [-0.05, 0) is 49.7 Å². The Balaban J connectivity index is 1.32. The molecule has 2 saturated carbocycles. The number of benzene rings is 1. The molecular formula is C20H24FNO3S2. The van der Waals surface area contributed by atoms with Crippen LogP contribution >= 0.6 is 23.5 Å². The lowest BCUT2D eigenvalue weighted by atomic mass is 9.67. The molecule has 1 heterocycles. The molecule has 1 saturated heterocycles. The van der Waals surface area contributed by atoms with Crippen LogP contribution in [0.4, 0.5) is 10.1 Å². The number of hydrogen-bond donors (Lipinski definition) is 1. The molecule has 3 fully saturated rings. The molecule has 7 heteroatoms. The van der Waals surface area contributed by atoms with Gasteiger partial charge in [0, 0.05) is 11.5 Å². The molecule has 2 bridgehead atoms. The first-order valence-corrected chi connectivity index (χ1v) is 11.5. The third-order valence-electron chi connectivity index (χ3n) is 5.95. The van der Waals surface area contributed by atoms with Crippen LogP contribution in [0.3, 0.4) is 0 Å². The fourth-order valence-electron chi connectivity index (χ4n) is 4.80. The van der Waals surface area contributed by atoms with Crippen LogP contribution in [0.15, 0.2) is 24.3 Å². The summed E-state index contributed by atoms with van der Waals surface area (Å²) in [4.78, 5) is 24.6. The van der Waals surface area contributed by atoms with Crippen molar-refractivity contribution in [3.05, 3.63) is 30.1 Å². The van der Waals surface area contributed by atoms with Crippen molar-refractivity contribution >= 4 is 41.1 Å². The van der Waals surface area contributed by atoms with Gasteiger partial charge in [-0.15, -0.1) is 23.5 Å². The summed E-state index contributed by atoms with van der Waals surface area (Å²) in [7, 11) is 0. The van der Waals surface area contributed by atoms with E-state index >= 15 is 0 Å². The number of carbonyl (C=O) groups is 2. The van der Waals surface area contributed by atoms with E-state index in [9.17, 15) is 14.0 Å². The van der Waals surface area contributed by atoms with E-state index < -0.39 is 11.7 Å². The molecule has 4 nitrogen and oxygen atoms in total. The van der Waals surface area contributed by atoms with Gasteiger partial charge in [0.15, 0.2) is 6.61 Å². The minimum atomic E-state index is -0.511. The number of rotatable bonds is 4. The van der Waals surface area contributed by atoms with E-state index in [0.29, 0.717) is 15.9 Å². The highest BCUT2D eigenvalue weighted by Crippen LogP contribution is 2.64. The molecule has 1 N–H and O–H groups in total. The van der Waals surface area contributed by atoms with Crippen molar-refractivity contribution in [2.45, 2.75) is 36.2 Å². The van der Waals surface area contributed by atoms with Crippen LogP contribution in [-0.2, 0) is 14.3 Å². The van der Waals surface area contributed by atoms with Crippen LogP contribution in [0, 0.1) is 23.6 Å². The predicted octanol–water partition coefficient (Wildman–Crippen LogP) is 4.31. The van der Waals surface area contributed by atoms with Gasteiger partial charge in [0.2, 0.25) is 0 Å². The van der Waals surface area contributed by atoms with Crippen molar-refractivity contribution in [3.63, 3.8) is 0 Å². The van der Waals surface area contributed by atoms with Crippen LogP contribution < -0.4 is 5.32 Å². The number of ether oxygens (including phenoxy) is 1. The van der Waals surface area contributed by atoms with Gasteiger partial charge in [0.05, 0.1) is 15.7 Å². The van der Waals surface area contributed by atoms with Crippen molar-refractivity contribution in [2.75, 3.05) is 23.4 Å². The smallest absolute Gasteiger partial charge is 0.309 e. The standard InChI is InChI=1S/C20H24FNO3S2/c21-16-6-1-2-7-17(16)22-18(23)12-25-19(24)13-10-14-4-3-5-15(11-13)20(14)26-8-9-27-20/h1-2,6-7,13-15H,3-5,8-12H2,(H,22,23)/t14-,15-/m1/s1. The second kappa shape index (κ2) is 8.03. The van der Waals surface area contributed by atoms with Gasteiger partial charge in [-0.2, -0.15) is 0 Å². The number of anilines is 1. The van der Waals surface area contributed by atoms with E-state index in [1.807, 2.05) is 0 Å². The summed E-state index contributed by atoms with van der Waals surface area (Å²) in [6.45, 7) is -0.367. The lowest BCUT2D eigenvalue weighted by molar-refractivity contribution is -0.154. The number of nitrogens with one attached hydrogen (secondary N) is 1. The maximum Gasteiger partial charge on any atom is 0.309 e. The zero-order valence-corrected chi connectivity index (χ0v) is 16.8. The average Bonchev–Trinajstić information content (AvgIpc) is 3.11. The summed E-state index contributed by atoms with van der Waals surface area (Å²) in [5.41, 5.74) is 0.1000. The topological polar surface area (TPSA) is 55.4 Å². The summed E-state index contributed by atoms with van der Waals surface area (Å²) < 4.78 is 19.2. The minimum absolute atomic E-state index is 0.1000. The summed E-state index contributed by atoms with van der Waals surface area (Å²) in [6.07, 6.45) is 5.36. The Morgan fingerprint density at radius 2 is 1.81 bits per heavy atom. The summed E-state index contributed by atoms with van der Waals surface area (Å²) in [5.74, 6) is 2.13. The van der Waals surface area contributed by atoms with Gasteiger partial charge < -0.3 is 10.1 Å². The number of para-hydroxylation sites is 1. The summed E-state index contributed by atoms with van der Waals surface area (Å²) >= 11 is 4.21. The van der Waals surface area contributed by atoms with Gasteiger partial charge in [0.1, 0.15) is 5.82 Å². The molecule has 27 heavy (non-hydrogen) atoms. The molecule has 1 aliphatic heterocycles. The lowest BCUT2D eigenvalue weighted by Crippen LogP contribution is -2.48. The normalized spacial score (nSPS) is 28.7. The van der Waals surface area contributed by atoms with Gasteiger partial charge in [0.25, 0.3) is 5.91 Å². The van der Waals surface area contributed by atoms with Crippen molar-refractivity contribution in [3.8, 4) is 0 Å². The van der Waals surface area contributed by atoms with E-state index in [2.05, 4.69) is 28.8 Å². The zero-order valence-electron chi connectivity index (χ0n) is 15.1. The first-order chi connectivity index (χ1) is 13.1. The van der Waals surface area contributed by atoms with Gasteiger partial charge in [-0.25, -0.2) is 4.39 Å². The Hall–Kier alpha value is -1.21. The molecule has 146 valence electrons. The van der Waals surface area contributed by atoms with E-state index in [1.165, 1.54) is 42.9 Å². The molecule has 1 aromatic rings. The van der Waals surface area contributed by atoms with Crippen LogP contribution in [0.25, 0.3) is 0 Å². The monoisotopic (exact) mass is 409 g/mol. The number of hydrogen-bond acceptors (Lipinski definition) is 5. The van der Waals surface area contributed by atoms with Crippen LogP contribution in [0.2, 0.25) is 0 Å². The van der Waals surface area contributed by atoms with Gasteiger partial charge in [-0.1, -0.05) is 18.6 Å². The molecular weight excluding hydrogens is 385 g/mol. The van der Waals surface area contributed by atoms with E-state index in [0.717, 1.165) is 12.8 Å². The third-order valence-corrected chi connectivity index (χ3v) is 9.96. The summed E-state index contributed by atoms with van der Waals surface area (Å²) in [6, 6.07) is 5.95. The molecule has 2 aliphatic carbocycles. The largest absolute Gasteiger partial charge is 0.455 e. The van der Waals surface area contributed by atoms with Crippen LogP contribution in [0.5, 0.6) is 0 Å². The number of halogens is 1. The molecule has 1 spiro atoms. The SMILES string of the molecule is O=C(COC(=O)C1C[C@H]2CCC[C@H](C1)C21SCCS1)Nc1ccccc1F. The molecule has 1 amide bonds. The van der Waals surface area contributed by atoms with Crippen molar-refractivity contribution in [1.29, 1.82) is 0 Å². The van der Waals surface area contributed by atoms with Crippen molar-refractivity contribution in [1.82, 2.24) is 0 Å². The Bertz CT molecular complexity index is 707. The van der Waals surface area contributed by atoms with Crippen LogP contribution in [-0.4, -0.2) is 34.1 Å². The van der Waals surface area contributed by atoms with E-state index in [1.54, 1.807) is 12.1 Å². The number of amides is 1. The number of thioether (sulfide) groups is 2. The summed E-state index contributed by atoms with van der Waals surface area (Å²) in [5, 5.41) is 2.45. The molecule has 1 aromatic carbocycles. The third kappa shape index (κ3) is 3.86. The Morgan fingerprint density at radius 3 is 2.48 bits per heavy atom. The lowest BCUT2D eigenvalue weighted by Gasteiger charge is -2.51. The number of carbonyl (C=O) groups excluding carboxylic acids is 2. The second-order valence-corrected chi connectivity index (χ2v) is 10.6. The van der Waals surface area contributed by atoms with Crippen LogP contribution in [0.1, 0.15) is 32.1 Å². The molecule has 0 unspecified atom stereocenters. The number of esters is 1. The minimum Gasteiger partial charge on any atom is -0.455 e.